The Morgan fingerprint density at radius 1 is 1.32 bits per heavy atom. The smallest absolute Gasteiger partial charge is 0.108 e. The number of hydrogen-bond acceptors (Lipinski definition) is 4. The first-order chi connectivity index (χ1) is 9.42. The van der Waals surface area contributed by atoms with E-state index >= 15 is 0 Å². The van der Waals surface area contributed by atoms with E-state index in [9.17, 15) is 0 Å². The molecule has 0 saturated carbocycles. The SMILES string of the molecule is c1ccc2sc(CNCCC3CCCCO3)nc2c1. The van der Waals surface area contributed by atoms with Crippen molar-refractivity contribution in [3.8, 4) is 0 Å². The summed E-state index contributed by atoms with van der Waals surface area (Å²) in [5.41, 5.74) is 1.11. The molecule has 1 unspecified atom stereocenters. The monoisotopic (exact) mass is 276 g/mol. The average Bonchev–Trinajstić information content (AvgIpc) is 2.87. The molecule has 4 heteroatoms. The van der Waals surface area contributed by atoms with Crippen molar-refractivity contribution in [1.82, 2.24) is 10.3 Å². The fraction of sp³-hybridized carbons (Fsp3) is 0.533. The maximum absolute atomic E-state index is 5.73. The third-order valence-corrected chi connectivity index (χ3v) is 4.57. The number of benzene rings is 1. The van der Waals surface area contributed by atoms with Crippen LogP contribution < -0.4 is 5.32 Å². The van der Waals surface area contributed by atoms with E-state index in [2.05, 4.69) is 28.5 Å². The highest BCUT2D eigenvalue weighted by Crippen LogP contribution is 2.21. The van der Waals surface area contributed by atoms with Gasteiger partial charge in [-0.2, -0.15) is 0 Å². The summed E-state index contributed by atoms with van der Waals surface area (Å²) < 4.78 is 7.00. The van der Waals surface area contributed by atoms with E-state index in [4.69, 9.17) is 4.74 Å². The van der Waals surface area contributed by atoms with Crippen molar-refractivity contribution in [1.29, 1.82) is 0 Å². The largest absolute Gasteiger partial charge is 0.378 e. The number of hydrogen-bond donors (Lipinski definition) is 1. The van der Waals surface area contributed by atoms with Crippen LogP contribution in [-0.2, 0) is 11.3 Å². The summed E-state index contributed by atoms with van der Waals surface area (Å²) in [5, 5.41) is 4.65. The molecule has 0 spiro atoms. The summed E-state index contributed by atoms with van der Waals surface area (Å²) in [4.78, 5) is 4.62. The lowest BCUT2D eigenvalue weighted by Crippen LogP contribution is -2.25. The normalized spacial score (nSPS) is 19.9. The van der Waals surface area contributed by atoms with E-state index in [0.717, 1.165) is 31.6 Å². The minimum atomic E-state index is 0.469. The topological polar surface area (TPSA) is 34.1 Å². The second kappa shape index (κ2) is 6.46. The molecular formula is C15H20N2OS. The number of nitrogens with one attached hydrogen (secondary N) is 1. The Balaban J connectivity index is 1.44. The zero-order chi connectivity index (χ0) is 12.9. The molecule has 3 rings (SSSR count). The molecule has 1 aliphatic heterocycles. The predicted molar refractivity (Wildman–Crippen MR) is 79.5 cm³/mol. The van der Waals surface area contributed by atoms with Crippen molar-refractivity contribution in [3.05, 3.63) is 29.3 Å². The summed E-state index contributed by atoms with van der Waals surface area (Å²) in [6, 6.07) is 8.31. The van der Waals surface area contributed by atoms with Gasteiger partial charge in [0.1, 0.15) is 5.01 Å². The average molecular weight is 276 g/mol. The number of fused-ring (bicyclic) bond motifs is 1. The van der Waals surface area contributed by atoms with E-state index in [-0.39, 0.29) is 0 Å². The van der Waals surface area contributed by atoms with Gasteiger partial charge in [-0.3, -0.25) is 0 Å². The molecule has 1 aromatic carbocycles. The summed E-state index contributed by atoms with van der Waals surface area (Å²) in [5.74, 6) is 0. The lowest BCUT2D eigenvalue weighted by atomic mass is 10.1. The molecule has 1 fully saturated rings. The van der Waals surface area contributed by atoms with Crippen molar-refractivity contribution in [3.63, 3.8) is 0 Å². The highest BCUT2D eigenvalue weighted by molar-refractivity contribution is 7.18. The van der Waals surface area contributed by atoms with Crippen LogP contribution in [0.4, 0.5) is 0 Å². The molecule has 2 heterocycles. The van der Waals surface area contributed by atoms with Gasteiger partial charge in [0.25, 0.3) is 0 Å². The van der Waals surface area contributed by atoms with E-state index in [1.54, 1.807) is 11.3 Å². The Bertz CT molecular complexity index is 487. The van der Waals surface area contributed by atoms with Crippen LogP contribution >= 0.6 is 11.3 Å². The predicted octanol–water partition coefficient (Wildman–Crippen LogP) is 3.35. The van der Waals surface area contributed by atoms with Crippen molar-refractivity contribution >= 4 is 21.6 Å². The fourth-order valence-corrected chi connectivity index (χ4v) is 3.43. The standard InChI is InChI=1S/C15H20N2OS/c1-2-7-14-13(6-1)17-15(19-14)11-16-9-8-12-5-3-4-10-18-12/h1-2,6-7,12,16H,3-5,8-11H2. The maximum Gasteiger partial charge on any atom is 0.108 e. The molecule has 0 bridgehead atoms. The van der Waals surface area contributed by atoms with Crippen LogP contribution in [0.3, 0.4) is 0 Å². The molecule has 2 aromatic rings. The molecule has 102 valence electrons. The highest BCUT2D eigenvalue weighted by atomic mass is 32.1. The van der Waals surface area contributed by atoms with Gasteiger partial charge in [0, 0.05) is 13.2 Å². The quantitative estimate of drug-likeness (QED) is 0.850. The van der Waals surface area contributed by atoms with Crippen LogP contribution in [0.2, 0.25) is 0 Å². The number of rotatable bonds is 5. The first kappa shape index (κ1) is 13.0. The Kier molecular flexibility index (Phi) is 4.43. The van der Waals surface area contributed by atoms with E-state index in [1.807, 2.05) is 6.07 Å². The zero-order valence-electron chi connectivity index (χ0n) is 11.1. The van der Waals surface area contributed by atoms with E-state index in [1.165, 1.54) is 29.0 Å². The highest BCUT2D eigenvalue weighted by Gasteiger charge is 2.12. The number of thiazole rings is 1. The van der Waals surface area contributed by atoms with Gasteiger partial charge >= 0.3 is 0 Å². The Labute approximate surface area is 118 Å². The fourth-order valence-electron chi connectivity index (χ4n) is 2.49. The summed E-state index contributed by atoms with van der Waals surface area (Å²) >= 11 is 1.78. The zero-order valence-corrected chi connectivity index (χ0v) is 11.9. The van der Waals surface area contributed by atoms with Gasteiger partial charge in [0.15, 0.2) is 0 Å². The number of ether oxygens (including phenoxy) is 1. The number of aromatic nitrogens is 1. The second-order valence-electron chi connectivity index (χ2n) is 5.03. The third-order valence-electron chi connectivity index (χ3n) is 3.53. The Hall–Kier alpha value is -0.970. The van der Waals surface area contributed by atoms with Crippen molar-refractivity contribution in [2.24, 2.45) is 0 Å². The molecule has 1 aliphatic rings. The van der Waals surface area contributed by atoms with Gasteiger partial charge in [-0.15, -0.1) is 11.3 Å². The Morgan fingerprint density at radius 3 is 3.11 bits per heavy atom. The lowest BCUT2D eigenvalue weighted by molar-refractivity contribution is 0.0115. The molecule has 3 nitrogen and oxygen atoms in total. The van der Waals surface area contributed by atoms with Crippen LogP contribution in [0, 0.1) is 0 Å². The van der Waals surface area contributed by atoms with Crippen molar-refractivity contribution in [2.75, 3.05) is 13.2 Å². The van der Waals surface area contributed by atoms with Crippen molar-refractivity contribution in [2.45, 2.75) is 38.3 Å². The molecule has 1 N–H and O–H groups in total. The van der Waals surface area contributed by atoms with Crippen LogP contribution in [0.1, 0.15) is 30.7 Å². The Morgan fingerprint density at radius 2 is 2.26 bits per heavy atom. The molecule has 1 aromatic heterocycles. The minimum Gasteiger partial charge on any atom is -0.378 e. The summed E-state index contributed by atoms with van der Waals surface area (Å²) in [6.45, 7) is 2.83. The third kappa shape index (κ3) is 3.53. The number of nitrogens with zero attached hydrogens (tertiary/aromatic N) is 1. The minimum absolute atomic E-state index is 0.469. The van der Waals surface area contributed by atoms with Gasteiger partial charge in [0.2, 0.25) is 0 Å². The van der Waals surface area contributed by atoms with Gasteiger partial charge < -0.3 is 10.1 Å². The molecule has 19 heavy (non-hydrogen) atoms. The summed E-state index contributed by atoms with van der Waals surface area (Å²) in [6.07, 6.45) is 5.36. The van der Waals surface area contributed by atoms with Gasteiger partial charge in [0.05, 0.1) is 16.3 Å². The first-order valence-corrected chi connectivity index (χ1v) is 7.90. The molecular weight excluding hydrogens is 256 g/mol. The molecule has 1 saturated heterocycles. The van der Waals surface area contributed by atoms with Gasteiger partial charge in [-0.25, -0.2) is 4.98 Å². The lowest BCUT2D eigenvalue weighted by Gasteiger charge is -2.22. The van der Waals surface area contributed by atoms with E-state index in [0.29, 0.717) is 6.10 Å². The molecule has 0 radical (unpaired) electrons. The molecule has 0 aliphatic carbocycles. The van der Waals surface area contributed by atoms with Gasteiger partial charge in [-0.1, -0.05) is 12.1 Å². The second-order valence-corrected chi connectivity index (χ2v) is 6.14. The van der Waals surface area contributed by atoms with Crippen LogP contribution in [0.25, 0.3) is 10.2 Å². The van der Waals surface area contributed by atoms with Crippen LogP contribution in [0.15, 0.2) is 24.3 Å². The van der Waals surface area contributed by atoms with Crippen LogP contribution in [-0.4, -0.2) is 24.2 Å². The molecule has 1 atom stereocenters. The molecule has 0 amide bonds. The number of para-hydroxylation sites is 1. The van der Waals surface area contributed by atoms with Crippen LogP contribution in [0.5, 0.6) is 0 Å². The van der Waals surface area contributed by atoms with E-state index < -0.39 is 0 Å². The van der Waals surface area contributed by atoms with Gasteiger partial charge in [-0.05, 0) is 44.4 Å². The van der Waals surface area contributed by atoms with Crippen molar-refractivity contribution < 1.29 is 4.74 Å². The summed E-state index contributed by atoms with van der Waals surface area (Å²) in [7, 11) is 0. The maximum atomic E-state index is 5.73. The first-order valence-electron chi connectivity index (χ1n) is 7.08.